The van der Waals surface area contributed by atoms with Gasteiger partial charge in [-0.2, -0.15) is 0 Å². The topological polar surface area (TPSA) is 55.4 Å². The van der Waals surface area contributed by atoms with Gasteiger partial charge < -0.3 is 10.1 Å². The van der Waals surface area contributed by atoms with Gasteiger partial charge in [-0.1, -0.05) is 39.5 Å². The zero-order valence-electron chi connectivity index (χ0n) is 14.2. The van der Waals surface area contributed by atoms with Crippen molar-refractivity contribution >= 4 is 11.9 Å². The summed E-state index contributed by atoms with van der Waals surface area (Å²) >= 11 is 0. The summed E-state index contributed by atoms with van der Waals surface area (Å²) in [5, 5.41) is 2.95. The Balaban J connectivity index is 2.69. The summed E-state index contributed by atoms with van der Waals surface area (Å²) in [5.74, 6) is -0.160. The first-order chi connectivity index (χ1) is 9.74. The molecule has 122 valence electrons. The molecular weight excluding hydrogens is 266 g/mol. The molecule has 0 aromatic carbocycles. The molecule has 0 heterocycles. The highest BCUT2D eigenvalue weighted by atomic mass is 16.6. The molecule has 0 aliphatic heterocycles. The number of rotatable bonds is 5. The number of esters is 1. The van der Waals surface area contributed by atoms with Crippen molar-refractivity contribution < 1.29 is 14.3 Å². The van der Waals surface area contributed by atoms with Crippen molar-refractivity contribution in [3.63, 3.8) is 0 Å². The molecule has 1 saturated carbocycles. The molecule has 0 aromatic heterocycles. The third-order valence-corrected chi connectivity index (χ3v) is 4.15. The largest absolute Gasteiger partial charge is 0.458 e. The fourth-order valence-corrected chi connectivity index (χ4v) is 2.67. The number of amides is 1. The SMILES string of the molecule is CC[C@H](C)[C@H](NC(=O)C1CCCCC1)C(=O)OC(C)(C)C. The molecule has 1 fully saturated rings. The van der Waals surface area contributed by atoms with Crippen LogP contribution in [0.1, 0.15) is 73.1 Å². The molecule has 2 atom stereocenters. The van der Waals surface area contributed by atoms with Crippen LogP contribution >= 0.6 is 0 Å². The van der Waals surface area contributed by atoms with E-state index in [9.17, 15) is 9.59 Å². The van der Waals surface area contributed by atoms with Crippen LogP contribution in [-0.2, 0) is 14.3 Å². The highest BCUT2D eigenvalue weighted by Gasteiger charge is 2.32. The molecule has 0 aromatic rings. The van der Waals surface area contributed by atoms with Crippen LogP contribution < -0.4 is 5.32 Å². The monoisotopic (exact) mass is 297 g/mol. The minimum Gasteiger partial charge on any atom is -0.458 e. The van der Waals surface area contributed by atoms with Crippen molar-refractivity contribution in [2.75, 3.05) is 0 Å². The molecule has 1 rings (SSSR count). The van der Waals surface area contributed by atoms with Crippen LogP contribution in [0.25, 0.3) is 0 Å². The minimum atomic E-state index is -0.538. The number of carbonyl (C=O) groups excluding carboxylic acids is 2. The van der Waals surface area contributed by atoms with Crippen LogP contribution in [0.15, 0.2) is 0 Å². The van der Waals surface area contributed by atoms with Gasteiger partial charge >= 0.3 is 5.97 Å². The molecule has 1 N–H and O–H groups in total. The summed E-state index contributed by atoms with van der Waals surface area (Å²) in [4.78, 5) is 24.7. The molecule has 0 bridgehead atoms. The van der Waals surface area contributed by atoms with Gasteiger partial charge in [0, 0.05) is 5.92 Å². The molecule has 1 aliphatic carbocycles. The third kappa shape index (κ3) is 6.06. The van der Waals surface area contributed by atoms with Crippen molar-refractivity contribution in [2.24, 2.45) is 11.8 Å². The third-order valence-electron chi connectivity index (χ3n) is 4.15. The van der Waals surface area contributed by atoms with E-state index in [-0.39, 0.29) is 23.7 Å². The lowest BCUT2D eigenvalue weighted by Crippen LogP contribution is -2.49. The highest BCUT2D eigenvalue weighted by molar-refractivity contribution is 5.86. The normalized spacial score (nSPS) is 19.7. The number of carbonyl (C=O) groups is 2. The zero-order chi connectivity index (χ0) is 16.0. The Kier molecular flexibility index (Phi) is 6.69. The summed E-state index contributed by atoms with van der Waals surface area (Å²) < 4.78 is 5.46. The Morgan fingerprint density at radius 2 is 1.76 bits per heavy atom. The van der Waals surface area contributed by atoms with Gasteiger partial charge in [-0.3, -0.25) is 4.79 Å². The number of nitrogens with one attached hydrogen (secondary N) is 1. The van der Waals surface area contributed by atoms with E-state index in [0.717, 1.165) is 32.1 Å². The number of ether oxygens (including phenoxy) is 1. The second-order valence-electron chi connectivity index (χ2n) is 7.24. The second-order valence-corrected chi connectivity index (χ2v) is 7.24. The van der Waals surface area contributed by atoms with Crippen LogP contribution in [0.2, 0.25) is 0 Å². The van der Waals surface area contributed by atoms with E-state index in [1.165, 1.54) is 6.42 Å². The second kappa shape index (κ2) is 7.81. The lowest BCUT2D eigenvalue weighted by Gasteiger charge is -2.29. The van der Waals surface area contributed by atoms with Crippen molar-refractivity contribution in [1.29, 1.82) is 0 Å². The quantitative estimate of drug-likeness (QED) is 0.791. The summed E-state index contributed by atoms with van der Waals surface area (Å²) in [6, 6.07) is -0.538. The summed E-state index contributed by atoms with van der Waals surface area (Å²) in [6.07, 6.45) is 6.14. The maximum absolute atomic E-state index is 12.4. The van der Waals surface area contributed by atoms with Gasteiger partial charge in [-0.05, 0) is 39.5 Å². The van der Waals surface area contributed by atoms with Crippen molar-refractivity contribution in [1.82, 2.24) is 5.32 Å². The maximum Gasteiger partial charge on any atom is 0.329 e. The van der Waals surface area contributed by atoms with E-state index < -0.39 is 11.6 Å². The lowest BCUT2D eigenvalue weighted by atomic mass is 9.88. The van der Waals surface area contributed by atoms with Crippen molar-refractivity contribution in [2.45, 2.75) is 84.8 Å². The predicted molar refractivity (Wildman–Crippen MR) is 83.8 cm³/mol. The van der Waals surface area contributed by atoms with Crippen LogP contribution in [0.3, 0.4) is 0 Å². The first-order valence-electron chi connectivity index (χ1n) is 8.28. The molecule has 4 nitrogen and oxygen atoms in total. The first-order valence-corrected chi connectivity index (χ1v) is 8.28. The average molecular weight is 297 g/mol. The Morgan fingerprint density at radius 3 is 2.24 bits per heavy atom. The molecule has 1 aliphatic rings. The van der Waals surface area contributed by atoms with Gasteiger partial charge in [0.2, 0.25) is 5.91 Å². The molecule has 0 unspecified atom stereocenters. The van der Waals surface area contributed by atoms with E-state index in [4.69, 9.17) is 4.74 Å². The summed E-state index contributed by atoms with van der Waals surface area (Å²) in [7, 11) is 0. The zero-order valence-corrected chi connectivity index (χ0v) is 14.2. The molecule has 0 spiro atoms. The van der Waals surface area contributed by atoms with Gasteiger partial charge in [0.25, 0.3) is 0 Å². The molecule has 1 amide bonds. The van der Waals surface area contributed by atoms with Crippen LogP contribution in [0.4, 0.5) is 0 Å². The number of hydrogen-bond acceptors (Lipinski definition) is 3. The minimum absolute atomic E-state index is 0.0193. The predicted octanol–water partition coefficient (Wildman–Crippen LogP) is 3.44. The molecule has 0 radical (unpaired) electrons. The van der Waals surface area contributed by atoms with Gasteiger partial charge in [0.1, 0.15) is 11.6 Å². The summed E-state index contributed by atoms with van der Waals surface area (Å²) in [5.41, 5.74) is -0.529. The van der Waals surface area contributed by atoms with Gasteiger partial charge in [-0.25, -0.2) is 4.79 Å². The summed E-state index contributed by atoms with van der Waals surface area (Å²) in [6.45, 7) is 9.55. The Bertz CT molecular complexity index is 354. The van der Waals surface area contributed by atoms with E-state index in [2.05, 4.69) is 5.32 Å². The van der Waals surface area contributed by atoms with Crippen LogP contribution in [-0.4, -0.2) is 23.5 Å². The first kappa shape index (κ1) is 18.0. The van der Waals surface area contributed by atoms with Crippen LogP contribution in [0.5, 0.6) is 0 Å². The van der Waals surface area contributed by atoms with Gasteiger partial charge in [0.15, 0.2) is 0 Å². The van der Waals surface area contributed by atoms with Crippen molar-refractivity contribution in [3.05, 3.63) is 0 Å². The molecule has 21 heavy (non-hydrogen) atoms. The Labute approximate surface area is 129 Å². The van der Waals surface area contributed by atoms with E-state index in [1.54, 1.807) is 0 Å². The molecule has 0 saturated heterocycles. The smallest absolute Gasteiger partial charge is 0.329 e. The fraction of sp³-hybridized carbons (Fsp3) is 0.882. The van der Waals surface area contributed by atoms with Crippen molar-refractivity contribution in [3.8, 4) is 0 Å². The van der Waals surface area contributed by atoms with Gasteiger partial charge in [-0.15, -0.1) is 0 Å². The van der Waals surface area contributed by atoms with E-state index in [0.29, 0.717) is 0 Å². The standard InChI is InChI=1S/C17H31NO3/c1-6-12(2)14(16(20)21-17(3,4)5)18-15(19)13-10-8-7-9-11-13/h12-14H,6-11H2,1-5H3,(H,18,19)/t12-,14-/m0/s1. The van der Waals surface area contributed by atoms with Crippen LogP contribution in [0, 0.1) is 11.8 Å². The van der Waals surface area contributed by atoms with E-state index >= 15 is 0 Å². The number of hydrogen-bond donors (Lipinski definition) is 1. The maximum atomic E-state index is 12.4. The van der Waals surface area contributed by atoms with Gasteiger partial charge in [0.05, 0.1) is 0 Å². The van der Waals surface area contributed by atoms with E-state index in [1.807, 2.05) is 34.6 Å². The molecule has 4 heteroatoms. The lowest BCUT2D eigenvalue weighted by molar-refractivity contribution is -0.160. The Morgan fingerprint density at radius 1 is 1.19 bits per heavy atom. The Hall–Kier alpha value is -1.06. The molecular formula is C17H31NO3. The average Bonchev–Trinajstić information content (AvgIpc) is 2.42. The highest BCUT2D eigenvalue weighted by Crippen LogP contribution is 2.24. The fourth-order valence-electron chi connectivity index (χ4n) is 2.67.